The summed E-state index contributed by atoms with van der Waals surface area (Å²) in [6, 6.07) is 4.02. The monoisotopic (exact) mass is 220 g/mol. The fourth-order valence-corrected chi connectivity index (χ4v) is 1.24. The van der Waals surface area contributed by atoms with E-state index >= 15 is 0 Å². The Labute approximate surface area is 91.2 Å². The van der Waals surface area contributed by atoms with E-state index in [0.717, 1.165) is 12.1 Å². The molecular formula is C10H8N2O4. The smallest absolute Gasteiger partial charge is 0.338 e. The summed E-state index contributed by atoms with van der Waals surface area (Å²) in [4.78, 5) is 21.3. The number of hydrogen-bond donors (Lipinski definition) is 0. The number of nitro groups is 1. The van der Waals surface area contributed by atoms with Gasteiger partial charge in [0, 0.05) is 12.1 Å². The summed E-state index contributed by atoms with van der Waals surface area (Å²) in [7, 11) is 1.17. The van der Waals surface area contributed by atoms with Crippen molar-refractivity contribution in [3.05, 3.63) is 38.9 Å². The molecule has 82 valence electrons. The maximum atomic E-state index is 11.3. The number of rotatable bonds is 2. The van der Waals surface area contributed by atoms with Crippen LogP contribution in [-0.4, -0.2) is 18.0 Å². The van der Waals surface area contributed by atoms with Crippen molar-refractivity contribution < 1.29 is 14.5 Å². The molecule has 0 radical (unpaired) electrons. The zero-order chi connectivity index (χ0) is 12.3. The minimum absolute atomic E-state index is 0.0354. The lowest BCUT2D eigenvalue weighted by atomic mass is 10.0. The lowest BCUT2D eigenvalue weighted by Gasteiger charge is -2.05. The van der Waals surface area contributed by atoms with Gasteiger partial charge >= 0.3 is 5.97 Å². The van der Waals surface area contributed by atoms with Crippen molar-refractivity contribution in [2.45, 2.75) is 6.92 Å². The molecule has 0 bridgehead atoms. The summed E-state index contributed by atoms with van der Waals surface area (Å²) in [5.41, 5.74) is 0.199. The van der Waals surface area contributed by atoms with Gasteiger partial charge in [0.2, 0.25) is 0 Å². The van der Waals surface area contributed by atoms with Crippen LogP contribution in [0, 0.1) is 28.4 Å². The maximum absolute atomic E-state index is 11.3. The number of non-ortho nitro benzene ring substituents is 1. The van der Waals surface area contributed by atoms with Crippen LogP contribution < -0.4 is 0 Å². The predicted molar refractivity (Wildman–Crippen MR) is 53.9 cm³/mol. The lowest BCUT2D eigenvalue weighted by molar-refractivity contribution is -0.384. The number of ether oxygens (including phenoxy) is 1. The van der Waals surface area contributed by atoms with Gasteiger partial charge in [-0.25, -0.2) is 4.79 Å². The van der Waals surface area contributed by atoms with E-state index in [2.05, 4.69) is 4.74 Å². The summed E-state index contributed by atoms with van der Waals surface area (Å²) in [5, 5.41) is 19.4. The highest BCUT2D eigenvalue weighted by molar-refractivity contribution is 5.92. The fraction of sp³-hybridized carbons (Fsp3) is 0.200. The highest BCUT2D eigenvalue weighted by Gasteiger charge is 2.18. The molecule has 0 saturated carbocycles. The quantitative estimate of drug-likeness (QED) is 0.428. The van der Waals surface area contributed by atoms with Gasteiger partial charge in [0.1, 0.15) is 0 Å². The average molecular weight is 220 g/mol. The molecule has 0 unspecified atom stereocenters. The van der Waals surface area contributed by atoms with E-state index in [1.807, 2.05) is 0 Å². The fourth-order valence-electron chi connectivity index (χ4n) is 1.24. The highest BCUT2D eigenvalue weighted by Crippen LogP contribution is 2.22. The van der Waals surface area contributed by atoms with E-state index < -0.39 is 10.9 Å². The van der Waals surface area contributed by atoms with Crippen LogP contribution in [0.4, 0.5) is 5.69 Å². The Bertz CT molecular complexity index is 502. The van der Waals surface area contributed by atoms with Gasteiger partial charge in [0.15, 0.2) is 0 Å². The molecule has 0 fully saturated rings. The summed E-state index contributed by atoms with van der Waals surface area (Å²) >= 11 is 0. The summed E-state index contributed by atoms with van der Waals surface area (Å²) < 4.78 is 4.48. The molecule has 0 atom stereocenters. The van der Waals surface area contributed by atoms with Crippen LogP contribution in [-0.2, 0) is 4.74 Å². The molecule has 0 aliphatic rings. The molecule has 0 aliphatic carbocycles. The number of nitriles is 1. The molecule has 0 N–H and O–H groups in total. The third-order valence-corrected chi connectivity index (χ3v) is 2.13. The van der Waals surface area contributed by atoms with E-state index in [1.165, 1.54) is 14.0 Å². The van der Waals surface area contributed by atoms with Crippen LogP contribution in [0.2, 0.25) is 0 Å². The second-order valence-corrected chi connectivity index (χ2v) is 3.03. The first-order valence-corrected chi connectivity index (χ1v) is 4.28. The van der Waals surface area contributed by atoms with Gasteiger partial charge in [-0.2, -0.15) is 5.26 Å². The summed E-state index contributed by atoms with van der Waals surface area (Å²) in [6.07, 6.45) is 0. The molecule has 6 heteroatoms. The van der Waals surface area contributed by atoms with Crippen LogP contribution in [0.3, 0.4) is 0 Å². The molecule has 0 aromatic heterocycles. The first kappa shape index (κ1) is 11.7. The second-order valence-electron chi connectivity index (χ2n) is 3.03. The maximum Gasteiger partial charge on any atom is 0.338 e. The van der Waals surface area contributed by atoms with E-state index in [0.29, 0.717) is 5.56 Å². The number of nitrogens with zero attached hydrogens (tertiary/aromatic N) is 2. The number of carbonyl (C=O) groups is 1. The molecule has 1 aromatic rings. The third kappa shape index (κ3) is 1.98. The average Bonchev–Trinajstić information content (AvgIpc) is 2.28. The minimum Gasteiger partial charge on any atom is -0.465 e. The van der Waals surface area contributed by atoms with Gasteiger partial charge in [-0.1, -0.05) is 0 Å². The molecular weight excluding hydrogens is 212 g/mol. The topological polar surface area (TPSA) is 93.2 Å². The van der Waals surface area contributed by atoms with Gasteiger partial charge in [0.05, 0.1) is 29.2 Å². The zero-order valence-electron chi connectivity index (χ0n) is 8.68. The van der Waals surface area contributed by atoms with Gasteiger partial charge in [-0.05, 0) is 12.5 Å². The molecule has 1 aromatic carbocycles. The zero-order valence-corrected chi connectivity index (χ0v) is 8.68. The summed E-state index contributed by atoms with van der Waals surface area (Å²) in [5.74, 6) is -0.697. The van der Waals surface area contributed by atoms with Gasteiger partial charge in [-0.3, -0.25) is 10.1 Å². The van der Waals surface area contributed by atoms with Crippen molar-refractivity contribution in [2.24, 2.45) is 0 Å². The van der Waals surface area contributed by atoms with Crippen LogP contribution in [0.15, 0.2) is 12.1 Å². The molecule has 0 aliphatic heterocycles. The van der Waals surface area contributed by atoms with Crippen molar-refractivity contribution in [3.8, 4) is 6.07 Å². The van der Waals surface area contributed by atoms with Crippen LogP contribution in [0.5, 0.6) is 0 Å². The Morgan fingerprint density at radius 3 is 2.62 bits per heavy atom. The lowest BCUT2D eigenvalue weighted by Crippen LogP contribution is -2.06. The molecule has 0 amide bonds. The standard InChI is InChI=1S/C10H8N2O4/c1-6-7(5-11)3-8(12(14)15)4-9(6)10(13)16-2/h3-4H,1-2H3. The molecule has 6 nitrogen and oxygen atoms in total. The van der Waals surface area contributed by atoms with Gasteiger partial charge in [-0.15, -0.1) is 0 Å². The Kier molecular flexibility index (Phi) is 3.20. The molecule has 0 saturated heterocycles. The molecule has 1 rings (SSSR count). The number of methoxy groups -OCH3 is 1. The van der Waals surface area contributed by atoms with Crippen molar-refractivity contribution >= 4 is 11.7 Å². The van der Waals surface area contributed by atoms with Crippen molar-refractivity contribution in [3.63, 3.8) is 0 Å². The molecule has 0 heterocycles. The van der Waals surface area contributed by atoms with Crippen molar-refractivity contribution in [2.75, 3.05) is 7.11 Å². The SMILES string of the molecule is COC(=O)c1cc([N+](=O)[O-])cc(C#N)c1C. The second kappa shape index (κ2) is 4.40. The highest BCUT2D eigenvalue weighted by atomic mass is 16.6. The van der Waals surface area contributed by atoms with Gasteiger partial charge < -0.3 is 4.74 Å². The largest absolute Gasteiger partial charge is 0.465 e. The number of benzene rings is 1. The van der Waals surface area contributed by atoms with Crippen LogP contribution in [0.25, 0.3) is 0 Å². The van der Waals surface area contributed by atoms with Crippen molar-refractivity contribution in [1.29, 1.82) is 5.26 Å². The normalized spacial score (nSPS) is 9.31. The van der Waals surface area contributed by atoms with Crippen LogP contribution >= 0.6 is 0 Å². The Morgan fingerprint density at radius 1 is 1.56 bits per heavy atom. The van der Waals surface area contributed by atoms with E-state index in [1.54, 1.807) is 6.07 Å². The minimum atomic E-state index is -0.697. The Balaban J connectivity index is 3.49. The Hall–Kier alpha value is -2.42. The number of nitro benzene ring substituents is 1. The Morgan fingerprint density at radius 2 is 2.19 bits per heavy atom. The molecule has 0 spiro atoms. The molecule has 16 heavy (non-hydrogen) atoms. The number of esters is 1. The summed E-state index contributed by atoms with van der Waals surface area (Å²) in [6.45, 7) is 1.54. The van der Waals surface area contributed by atoms with E-state index in [9.17, 15) is 14.9 Å². The number of hydrogen-bond acceptors (Lipinski definition) is 5. The number of carbonyl (C=O) groups excluding carboxylic acids is 1. The van der Waals surface area contributed by atoms with E-state index in [4.69, 9.17) is 5.26 Å². The predicted octanol–water partition coefficient (Wildman–Crippen LogP) is 1.56. The first-order valence-electron chi connectivity index (χ1n) is 4.28. The third-order valence-electron chi connectivity index (χ3n) is 2.13. The van der Waals surface area contributed by atoms with Gasteiger partial charge in [0.25, 0.3) is 5.69 Å². The van der Waals surface area contributed by atoms with Crippen LogP contribution in [0.1, 0.15) is 21.5 Å². The van der Waals surface area contributed by atoms with Crippen molar-refractivity contribution in [1.82, 2.24) is 0 Å². The van der Waals surface area contributed by atoms with E-state index in [-0.39, 0.29) is 16.8 Å². The first-order chi connectivity index (χ1) is 7.51.